The molecule has 6 heteroatoms. The molecule has 2 amide bonds. The molecule has 0 radical (unpaired) electrons. The fraction of sp³-hybridized carbons (Fsp3) is 0.125. The summed E-state index contributed by atoms with van der Waals surface area (Å²) >= 11 is 5.11. The van der Waals surface area contributed by atoms with E-state index < -0.39 is 5.92 Å². The van der Waals surface area contributed by atoms with Crippen LogP contribution < -0.4 is 16.0 Å². The molecule has 3 rings (SSSR count). The molecule has 0 unspecified atom stereocenters. The summed E-state index contributed by atoms with van der Waals surface area (Å²) in [5.74, 6) is -0.676. The molecular weight excluding hydrogens is 394 g/mol. The molecule has 0 bridgehead atoms. The second kappa shape index (κ2) is 10.3. The molecule has 0 fully saturated rings. The van der Waals surface area contributed by atoms with Crippen molar-refractivity contribution < 1.29 is 9.59 Å². The van der Waals surface area contributed by atoms with Gasteiger partial charge in [-0.05, 0) is 47.6 Å². The normalized spacial score (nSPS) is 10.3. The molecule has 152 valence electrons. The van der Waals surface area contributed by atoms with Crippen LogP contribution in [-0.4, -0.2) is 16.9 Å². The Bertz CT molecular complexity index is 966. The number of benzene rings is 3. The fourth-order valence-electron chi connectivity index (χ4n) is 3.01. The van der Waals surface area contributed by atoms with Crippen LogP contribution in [0.4, 0.5) is 11.4 Å². The molecule has 0 heterocycles. The minimum atomic E-state index is -0.415. The van der Waals surface area contributed by atoms with Crippen molar-refractivity contribution in [3.63, 3.8) is 0 Å². The number of hydrogen-bond acceptors (Lipinski definition) is 3. The Morgan fingerprint density at radius 3 is 1.70 bits per heavy atom. The summed E-state index contributed by atoms with van der Waals surface area (Å²) in [4.78, 5) is 24.5. The van der Waals surface area contributed by atoms with Crippen LogP contribution >= 0.6 is 12.2 Å². The molecule has 3 N–H and O–H groups in total. The first-order chi connectivity index (χ1) is 14.6. The molecule has 5 nitrogen and oxygen atoms in total. The molecular formula is C24H23N3O2S. The fourth-order valence-corrected chi connectivity index (χ4v) is 3.25. The van der Waals surface area contributed by atoms with Crippen molar-refractivity contribution in [3.05, 3.63) is 96.1 Å². The molecule has 3 aromatic rings. The lowest BCUT2D eigenvalue weighted by Gasteiger charge is -2.18. The van der Waals surface area contributed by atoms with Crippen molar-refractivity contribution in [2.45, 2.75) is 19.3 Å². The highest BCUT2D eigenvalue weighted by molar-refractivity contribution is 7.80. The Kier molecular flexibility index (Phi) is 7.29. The lowest BCUT2D eigenvalue weighted by Crippen LogP contribution is -2.33. The SMILES string of the molecule is CCC(=O)NC(=S)Nc1ccc(NC(=O)C(c2ccccc2)c2ccccc2)cc1. The van der Waals surface area contributed by atoms with E-state index in [1.165, 1.54) is 0 Å². The summed E-state index contributed by atoms with van der Waals surface area (Å²) in [5, 5.41) is 8.77. The molecule has 0 spiro atoms. The van der Waals surface area contributed by atoms with Gasteiger partial charge in [-0.2, -0.15) is 0 Å². The van der Waals surface area contributed by atoms with Gasteiger partial charge in [0.2, 0.25) is 11.8 Å². The summed E-state index contributed by atoms with van der Waals surface area (Å²) in [6, 6.07) is 26.6. The lowest BCUT2D eigenvalue weighted by atomic mass is 9.90. The maximum absolute atomic E-state index is 13.1. The van der Waals surface area contributed by atoms with Gasteiger partial charge in [-0.25, -0.2) is 0 Å². The maximum Gasteiger partial charge on any atom is 0.236 e. The highest BCUT2D eigenvalue weighted by atomic mass is 32.1. The number of thiocarbonyl (C=S) groups is 1. The van der Waals surface area contributed by atoms with Crippen LogP contribution in [0.15, 0.2) is 84.9 Å². The van der Waals surface area contributed by atoms with Crippen LogP contribution in [0.1, 0.15) is 30.4 Å². The molecule has 0 saturated heterocycles. The average molecular weight is 418 g/mol. The number of rotatable bonds is 6. The summed E-state index contributed by atoms with van der Waals surface area (Å²) in [7, 11) is 0. The summed E-state index contributed by atoms with van der Waals surface area (Å²) in [6.45, 7) is 1.76. The first kappa shape index (κ1) is 21.2. The van der Waals surface area contributed by atoms with E-state index in [9.17, 15) is 9.59 Å². The number of hydrogen-bond donors (Lipinski definition) is 3. The smallest absolute Gasteiger partial charge is 0.236 e. The number of amides is 2. The number of nitrogens with one attached hydrogen (secondary N) is 3. The predicted molar refractivity (Wildman–Crippen MR) is 124 cm³/mol. The topological polar surface area (TPSA) is 70.2 Å². The molecule has 0 aliphatic rings. The largest absolute Gasteiger partial charge is 0.332 e. The van der Waals surface area contributed by atoms with Crippen LogP contribution in [0.25, 0.3) is 0 Å². The average Bonchev–Trinajstić information content (AvgIpc) is 2.76. The van der Waals surface area contributed by atoms with E-state index in [2.05, 4.69) is 16.0 Å². The Balaban J connectivity index is 1.72. The van der Waals surface area contributed by atoms with Gasteiger partial charge in [0.1, 0.15) is 0 Å². The van der Waals surface area contributed by atoms with Crippen molar-refractivity contribution in [2.24, 2.45) is 0 Å². The van der Waals surface area contributed by atoms with E-state index in [1.807, 2.05) is 60.7 Å². The van der Waals surface area contributed by atoms with Gasteiger partial charge in [0.05, 0.1) is 5.92 Å². The van der Waals surface area contributed by atoms with Crippen molar-refractivity contribution in [1.82, 2.24) is 5.32 Å². The van der Waals surface area contributed by atoms with Crippen molar-refractivity contribution in [1.29, 1.82) is 0 Å². The van der Waals surface area contributed by atoms with Gasteiger partial charge in [0.15, 0.2) is 5.11 Å². The van der Waals surface area contributed by atoms with Crippen LogP contribution in [0.2, 0.25) is 0 Å². The molecule has 0 aliphatic carbocycles. The quantitative estimate of drug-likeness (QED) is 0.509. The van der Waals surface area contributed by atoms with Crippen molar-refractivity contribution >= 4 is 40.5 Å². The third-order valence-corrected chi connectivity index (χ3v) is 4.72. The number of carbonyl (C=O) groups is 2. The first-order valence-corrected chi connectivity index (χ1v) is 10.1. The predicted octanol–water partition coefficient (Wildman–Crippen LogP) is 4.68. The standard InChI is InChI=1S/C24H23N3O2S/c1-2-21(28)27-24(30)26-20-15-13-19(14-16-20)25-23(29)22(17-9-5-3-6-10-17)18-11-7-4-8-12-18/h3-16,22H,2H2,1H3,(H,25,29)(H2,26,27,28,30). The lowest BCUT2D eigenvalue weighted by molar-refractivity contribution is -0.119. The van der Waals surface area contributed by atoms with E-state index in [4.69, 9.17) is 12.2 Å². The number of carbonyl (C=O) groups excluding carboxylic acids is 2. The van der Waals surface area contributed by atoms with E-state index >= 15 is 0 Å². The molecule has 0 saturated carbocycles. The van der Waals surface area contributed by atoms with Crippen LogP contribution in [0.5, 0.6) is 0 Å². The molecule has 0 atom stereocenters. The van der Waals surface area contributed by atoms with Gasteiger partial charge in [0, 0.05) is 17.8 Å². The summed E-state index contributed by atoms with van der Waals surface area (Å²) in [5.41, 5.74) is 3.25. The molecule has 0 aromatic heterocycles. The Morgan fingerprint density at radius 1 is 0.767 bits per heavy atom. The zero-order valence-electron chi connectivity index (χ0n) is 16.6. The van der Waals surface area contributed by atoms with Gasteiger partial charge in [0.25, 0.3) is 0 Å². The van der Waals surface area contributed by atoms with E-state index in [1.54, 1.807) is 31.2 Å². The van der Waals surface area contributed by atoms with Gasteiger partial charge < -0.3 is 16.0 Å². The third kappa shape index (κ3) is 5.75. The van der Waals surface area contributed by atoms with Crippen molar-refractivity contribution in [2.75, 3.05) is 10.6 Å². The Hall–Kier alpha value is -3.51. The van der Waals surface area contributed by atoms with Gasteiger partial charge in [-0.1, -0.05) is 67.6 Å². The molecule has 3 aromatic carbocycles. The molecule has 0 aliphatic heterocycles. The zero-order chi connectivity index (χ0) is 21.3. The highest BCUT2D eigenvalue weighted by Gasteiger charge is 2.22. The maximum atomic E-state index is 13.1. The van der Waals surface area contributed by atoms with Crippen LogP contribution in [-0.2, 0) is 9.59 Å². The Morgan fingerprint density at radius 2 is 1.23 bits per heavy atom. The van der Waals surface area contributed by atoms with Crippen LogP contribution in [0.3, 0.4) is 0 Å². The van der Waals surface area contributed by atoms with Gasteiger partial charge >= 0.3 is 0 Å². The first-order valence-electron chi connectivity index (χ1n) is 9.68. The second-order valence-corrected chi connectivity index (χ2v) is 7.09. The van der Waals surface area contributed by atoms with Gasteiger partial charge in [-0.15, -0.1) is 0 Å². The minimum Gasteiger partial charge on any atom is -0.332 e. The number of anilines is 2. The van der Waals surface area contributed by atoms with Crippen molar-refractivity contribution in [3.8, 4) is 0 Å². The third-order valence-electron chi connectivity index (χ3n) is 4.51. The molecule has 30 heavy (non-hydrogen) atoms. The second-order valence-electron chi connectivity index (χ2n) is 6.68. The zero-order valence-corrected chi connectivity index (χ0v) is 17.4. The van der Waals surface area contributed by atoms with E-state index in [-0.39, 0.29) is 16.9 Å². The highest BCUT2D eigenvalue weighted by Crippen LogP contribution is 2.26. The van der Waals surface area contributed by atoms with E-state index in [0.717, 1.165) is 16.8 Å². The van der Waals surface area contributed by atoms with E-state index in [0.29, 0.717) is 12.1 Å². The van der Waals surface area contributed by atoms with Gasteiger partial charge in [-0.3, -0.25) is 9.59 Å². The van der Waals surface area contributed by atoms with Crippen LogP contribution in [0, 0.1) is 0 Å². The summed E-state index contributed by atoms with van der Waals surface area (Å²) < 4.78 is 0. The summed E-state index contributed by atoms with van der Waals surface area (Å²) in [6.07, 6.45) is 0.358. The monoisotopic (exact) mass is 417 g/mol. The Labute approximate surface area is 181 Å². The minimum absolute atomic E-state index is 0.112.